The van der Waals surface area contributed by atoms with E-state index in [1.807, 2.05) is 0 Å². The van der Waals surface area contributed by atoms with Crippen molar-refractivity contribution in [3.8, 4) is 17.4 Å². The van der Waals surface area contributed by atoms with Crippen LogP contribution in [0.25, 0.3) is 0 Å². The maximum atomic E-state index is 12.9. The molecule has 0 saturated carbocycles. The predicted octanol–water partition coefficient (Wildman–Crippen LogP) is 3.14. The number of nitrogens with zero attached hydrogens (tertiary/aromatic N) is 2. The number of ether oxygens (including phenoxy) is 1. The van der Waals surface area contributed by atoms with Gasteiger partial charge in [0.25, 0.3) is 5.88 Å². The number of benzene rings is 2. The summed E-state index contributed by atoms with van der Waals surface area (Å²) in [4.78, 5) is 7.84. The number of nitrogen functional groups attached to an aromatic ring is 1. The van der Waals surface area contributed by atoms with Gasteiger partial charge in [-0.1, -0.05) is 0 Å². The number of halogens is 1. The van der Waals surface area contributed by atoms with Crippen molar-refractivity contribution in [1.29, 1.82) is 5.41 Å². The molecule has 0 radical (unpaired) electrons. The summed E-state index contributed by atoms with van der Waals surface area (Å²) in [6, 6.07) is 12.0. The van der Waals surface area contributed by atoms with Gasteiger partial charge in [-0.25, -0.2) is 9.37 Å². The first-order valence-corrected chi connectivity index (χ1v) is 7.22. The van der Waals surface area contributed by atoms with Crippen LogP contribution in [0.1, 0.15) is 5.56 Å². The first-order valence-electron chi connectivity index (χ1n) is 7.22. The van der Waals surface area contributed by atoms with Crippen molar-refractivity contribution in [3.63, 3.8) is 0 Å². The monoisotopic (exact) mass is 339 g/mol. The normalized spacial score (nSPS) is 10.3. The molecule has 0 bridgehead atoms. The molecule has 3 rings (SSSR count). The van der Waals surface area contributed by atoms with E-state index < -0.39 is 5.82 Å². The van der Waals surface area contributed by atoms with Crippen LogP contribution in [0.5, 0.6) is 17.4 Å². The zero-order valence-electron chi connectivity index (χ0n) is 12.9. The van der Waals surface area contributed by atoms with Gasteiger partial charge in [-0.2, -0.15) is 4.98 Å². The third kappa shape index (κ3) is 3.81. The van der Waals surface area contributed by atoms with Gasteiger partial charge >= 0.3 is 0 Å². The van der Waals surface area contributed by atoms with Gasteiger partial charge in [0.15, 0.2) is 5.82 Å². The number of hydrogen-bond donors (Lipinski definition) is 4. The molecule has 0 amide bonds. The number of amidine groups is 1. The molecule has 0 atom stereocenters. The molecular formula is C17H14FN5O2. The summed E-state index contributed by atoms with van der Waals surface area (Å²) in [7, 11) is 0. The van der Waals surface area contributed by atoms with Crippen LogP contribution in [0.3, 0.4) is 0 Å². The van der Waals surface area contributed by atoms with Crippen LogP contribution in [0.4, 0.5) is 15.9 Å². The molecule has 126 valence electrons. The first kappa shape index (κ1) is 16.2. The summed E-state index contributed by atoms with van der Waals surface area (Å²) >= 11 is 0. The van der Waals surface area contributed by atoms with Crippen molar-refractivity contribution in [3.05, 3.63) is 66.2 Å². The van der Waals surface area contributed by atoms with Crippen LogP contribution >= 0.6 is 0 Å². The highest BCUT2D eigenvalue weighted by atomic mass is 19.1. The molecule has 3 aromatic rings. The molecule has 0 fully saturated rings. The number of aromatic nitrogens is 2. The highest BCUT2D eigenvalue weighted by Gasteiger charge is 2.13. The summed E-state index contributed by atoms with van der Waals surface area (Å²) in [5, 5.41) is 20.6. The number of aromatic hydroxyl groups is 1. The Balaban J connectivity index is 1.80. The molecular weight excluding hydrogens is 325 g/mol. The Bertz CT molecular complexity index is 898. The Kier molecular flexibility index (Phi) is 4.42. The van der Waals surface area contributed by atoms with E-state index in [2.05, 4.69) is 15.3 Å². The van der Waals surface area contributed by atoms with E-state index in [9.17, 15) is 9.50 Å². The van der Waals surface area contributed by atoms with E-state index in [1.165, 1.54) is 30.6 Å². The maximum absolute atomic E-state index is 12.9. The van der Waals surface area contributed by atoms with Crippen molar-refractivity contribution in [1.82, 2.24) is 9.97 Å². The van der Waals surface area contributed by atoms with Crippen LogP contribution in [0, 0.1) is 11.2 Å². The molecule has 1 aromatic heterocycles. The minimum atomic E-state index is -0.393. The molecule has 0 aliphatic rings. The molecule has 1 heterocycles. The van der Waals surface area contributed by atoms with Gasteiger partial charge in [-0.05, 0) is 48.5 Å². The molecule has 5 N–H and O–H groups in total. The number of nitrogens with one attached hydrogen (secondary N) is 2. The lowest BCUT2D eigenvalue weighted by Gasteiger charge is -2.11. The van der Waals surface area contributed by atoms with Gasteiger partial charge in [0, 0.05) is 11.3 Å². The summed E-state index contributed by atoms with van der Waals surface area (Å²) in [5.74, 6) is -0.316. The molecule has 7 nitrogen and oxygen atoms in total. The van der Waals surface area contributed by atoms with Gasteiger partial charge in [-0.15, -0.1) is 0 Å². The second-order valence-electron chi connectivity index (χ2n) is 5.05. The summed E-state index contributed by atoms with van der Waals surface area (Å²) in [6.07, 6.45) is 1.23. The summed E-state index contributed by atoms with van der Waals surface area (Å²) in [5.41, 5.74) is 6.62. The second kappa shape index (κ2) is 6.83. The molecule has 0 aliphatic carbocycles. The lowest BCUT2D eigenvalue weighted by atomic mass is 10.2. The molecule has 25 heavy (non-hydrogen) atoms. The highest BCUT2D eigenvalue weighted by molar-refractivity contribution is 5.95. The first-order chi connectivity index (χ1) is 12.0. The fourth-order valence-electron chi connectivity index (χ4n) is 2.01. The Morgan fingerprint density at radius 1 is 1.08 bits per heavy atom. The number of hydrogen-bond acceptors (Lipinski definition) is 6. The lowest BCUT2D eigenvalue weighted by Crippen LogP contribution is -2.10. The van der Waals surface area contributed by atoms with Crippen molar-refractivity contribution in [2.24, 2.45) is 5.73 Å². The largest absolute Gasteiger partial charge is 0.501 e. The predicted molar refractivity (Wildman–Crippen MR) is 90.9 cm³/mol. The Labute approximate surface area is 142 Å². The van der Waals surface area contributed by atoms with Gasteiger partial charge in [0.1, 0.15) is 23.7 Å². The fourth-order valence-corrected chi connectivity index (χ4v) is 2.01. The van der Waals surface area contributed by atoms with Crippen molar-refractivity contribution >= 4 is 17.3 Å². The Morgan fingerprint density at radius 3 is 2.40 bits per heavy atom. The Morgan fingerprint density at radius 2 is 1.76 bits per heavy atom. The van der Waals surface area contributed by atoms with Gasteiger partial charge in [-0.3, -0.25) is 5.41 Å². The summed E-state index contributed by atoms with van der Waals surface area (Å²) in [6.45, 7) is 0. The average molecular weight is 339 g/mol. The molecule has 0 spiro atoms. The van der Waals surface area contributed by atoms with Crippen LogP contribution in [-0.2, 0) is 0 Å². The van der Waals surface area contributed by atoms with E-state index in [4.69, 9.17) is 15.9 Å². The van der Waals surface area contributed by atoms with Crippen LogP contribution < -0.4 is 15.8 Å². The van der Waals surface area contributed by atoms with E-state index in [0.717, 1.165) is 0 Å². The van der Waals surface area contributed by atoms with Crippen molar-refractivity contribution < 1.29 is 14.2 Å². The topological polar surface area (TPSA) is 117 Å². The maximum Gasteiger partial charge on any atom is 0.267 e. The SMILES string of the molecule is N=C(N)c1ccc(Nc2ncnc(Oc3ccc(F)cc3)c2O)cc1. The van der Waals surface area contributed by atoms with Gasteiger partial charge < -0.3 is 20.9 Å². The van der Waals surface area contributed by atoms with Crippen molar-refractivity contribution in [2.75, 3.05) is 5.32 Å². The Hall–Kier alpha value is -3.68. The third-order valence-corrected chi connectivity index (χ3v) is 3.28. The van der Waals surface area contributed by atoms with E-state index in [1.54, 1.807) is 24.3 Å². The molecule has 0 unspecified atom stereocenters. The molecule has 0 saturated heterocycles. The quantitative estimate of drug-likeness (QED) is 0.419. The zero-order chi connectivity index (χ0) is 17.8. The number of nitrogens with two attached hydrogens (primary N) is 1. The van der Waals surface area contributed by atoms with E-state index >= 15 is 0 Å². The minimum absolute atomic E-state index is 0.0357. The summed E-state index contributed by atoms with van der Waals surface area (Å²) < 4.78 is 18.4. The lowest BCUT2D eigenvalue weighted by molar-refractivity contribution is 0.396. The van der Waals surface area contributed by atoms with Gasteiger partial charge in [0.2, 0.25) is 5.75 Å². The van der Waals surface area contributed by atoms with E-state index in [0.29, 0.717) is 17.0 Å². The van der Waals surface area contributed by atoms with Crippen LogP contribution in [0.2, 0.25) is 0 Å². The third-order valence-electron chi connectivity index (χ3n) is 3.28. The highest BCUT2D eigenvalue weighted by Crippen LogP contribution is 2.34. The number of rotatable bonds is 5. The van der Waals surface area contributed by atoms with E-state index in [-0.39, 0.29) is 23.3 Å². The van der Waals surface area contributed by atoms with Crippen LogP contribution in [0.15, 0.2) is 54.9 Å². The smallest absolute Gasteiger partial charge is 0.267 e. The standard InChI is InChI=1S/C17H14FN5O2/c18-11-3-7-13(8-4-11)25-17-14(24)16(21-9-22-17)23-12-5-1-10(2-6-12)15(19)20/h1-9,24H,(H3,19,20)(H,21,22,23). The molecule has 2 aromatic carbocycles. The zero-order valence-corrected chi connectivity index (χ0v) is 12.9. The van der Waals surface area contributed by atoms with Gasteiger partial charge in [0.05, 0.1) is 0 Å². The minimum Gasteiger partial charge on any atom is -0.501 e. The molecule has 8 heteroatoms. The average Bonchev–Trinajstić information content (AvgIpc) is 2.61. The fraction of sp³-hybridized carbons (Fsp3) is 0. The second-order valence-corrected chi connectivity index (χ2v) is 5.05. The number of anilines is 2. The van der Waals surface area contributed by atoms with Crippen LogP contribution in [-0.4, -0.2) is 20.9 Å². The molecule has 0 aliphatic heterocycles. The van der Waals surface area contributed by atoms with Crippen molar-refractivity contribution in [2.45, 2.75) is 0 Å².